The zero-order valence-electron chi connectivity index (χ0n) is 30.3. The van der Waals surface area contributed by atoms with Crippen molar-refractivity contribution in [2.75, 3.05) is 25.9 Å². The number of fused-ring (bicyclic) bond motifs is 1. The number of nitrogens with zero attached hydrogens (tertiary/aromatic N) is 4. The predicted molar refractivity (Wildman–Crippen MR) is 188 cm³/mol. The fourth-order valence-electron chi connectivity index (χ4n) is 7.54. The monoisotopic (exact) mass is 676 g/mol. The Kier molecular flexibility index (Phi) is 12.0. The molecule has 12 nitrogen and oxygen atoms in total. The summed E-state index contributed by atoms with van der Waals surface area (Å²) in [7, 11) is 8.27. The number of benzene rings is 1. The van der Waals surface area contributed by atoms with E-state index in [-0.39, 0.29) is 18.2 Å². The number of anilines is 1. The molecule has 1 aromatic heterocycles. The van der Waals surface area contributed by atoms with Crippen molar-refractivity contribution in [2.45, 2.75) is 109 Å². The lowest BCUT2D eigenvalue weighted by atomic mass is 9.62. The molecule has 8 atom stereocenters. The number of hydrogen-bond acceptors (Lipinski definition) is 10. The number of ketones is 1. The number of allylic oxidation sites excluding steroid dienone is 1. The van der Waals surface area contributed by atoms with Crippen molar-refractivity contribution < 1.29 is 28.6 Å². The summed E-state index contributed by atoms with van der Waals surface area (Å²) in [6, 6.07) is 7.45. The normalized spacial score (nSPS) is 33.5. The van der Waals surface area contributed by atoms with Crippen LogP contribution in [0.2, 0.25) is 5.82 Å². The minimum Gasteiger partial charge on any atom is -0.457 e. The van der Waals surface area contributed by atoms with E-state index in [4.69, 9.17) is 27.8 Å². The van der Waals surface area contributed by atoms with Crippen molar-refractivity contribution in [2.24, 2.45) is 17.8 Å². The van der Waals surface area contributed by atoms with E-state index in [1.807, 2.05) is 70.3 Å². The molecule has 2 aliphatic heterocycles. The summed E-state index contributed by atoms with van der Waals surface area (Å²) in [5.74, 6) is -3.19. The Morgan fingerprint density at radius 1 is 1.14 bits per heavy atom. The van der Waals surface area contributed by atoms with Gasteiger partial charge in [0.2, 0.25) is 0 Å². The molecule has 2 aromatic rings. The third-order valence-electron chi connectivity index (χ3n) is 10.8. The molecule has 3 N–H and O–H groups in total. The molecule has 0 spiro atoms. The molecule has 2 fully saturated rings. The van der Waals surface area contributed by atoms with Gasteiger partial charge in [0.25, 0.3) is 0 Å². The van der Waals surface area contributed by atoms with E-state index in [0.717, 1.165) is 12.0 Å². The van der Waals surface area contributed by atoms with Crippen molar-refractivity contribution >= 4 is 31.4 Å². The molecule has 0 saturated carbocycles. The van der Waals surface area contributed by atoms with Gasteiger partial charge < -0.3 is 19.9 Å². The van der Waals surface area contributed by atoms with Gasteiger partial charge in [-0.15, -0.1) is 5.10 Å². The van der Waals surface area contributed by atoms with Crippen LogP contribution < -0.4 is 11.1 Å². The molecule has 0 aliphatic carbocycles. The molecule has 49 heavy (non-hydrogen) atoms. The van der Waals surface area contributed by atoms with E-state index >= 15 is 0 Å². The first-order valence-corrected chi connectivity index (χ1v) is 17.4. The van der Waals surface area contributed by atoms with Crippen LogP contribution in [0.4, 0.5) is 10.5 Å². The molecule has 0 bridgehead atoms. The van der Waals surface area contributed by atoms with E-state index in [0.29, 0.717) is 43.7 Å². The van der Waals surface area contributed by atoms with Gasteiger partial charge in [0.05, 0.1) is 26.2 Å². The lowest BCUT2D eigenvalue weighted by molar-refractivity contribution is -0.177. The van der Waals surface area contributed by atoms with Crippen molar-refractivity contribution in [3.8, 4) is 11.3 Å². The Bertz CT molecular complexity index is 1520. The third-order valence-corrected chi connectivity index (χ3v) is 10.8. The first-order valence-electron chi connectivity index (χ1n) is 17.4. The number of methoxy groups -OCH3 is 1. The number of aromatic nitrogens is 3. The third kappa shape index (κ3) is 7.57. The number of hydrogen-bond donors (Lipinski definition) is 2. The van der Waals surface area contributed by atoms with Crippen LogP contribution >= 0.6 is 0 Å². The summed E-state index contributed by atoms with van der Waals surface area (Å²) >= 11 is 0. The second kappa shape index (κ2) is 15.5. The van der Waals surface area contributed by atoms with Crippen molar-refractivity contribution in [3.05, 3.63) is 42.6 Å². The summed E-state index contributed by atoms with van der Waals surface area (Å²) in [4.78, 5) is 42.6. The molecule has 2 aliphatic rings. The Balaban J connectivity index is 1.62. The second-order valence-corrected chi connectivity index (χ2v) is 14.0. The highest BCUT2D eigenvalue weighted by Gasteiger charge is 2.65. The highest BCUT2D eigenvalue weighted by Crippen LogP contribution is 2.45. The Hall–Kier alpha value is -3.71. The number of nitrogens with one attached hydrogen (secondary N) is 1. The number of carbonyl (C=O) groups excluding carboxylic acids is 3. The molecule has 3 heterocycles. The molecule has 13 heteroatoms. The first-order chi connectivity index (χ1) is 23.2. The van der Waals surface area contributed by atoms with E-state index in [9.17, 15) is 14.4 Å². The van der Waals surface area contributed by atoms with Crippen LogP contribution in [0.15, 0.2) is 42.6 Å². The average Bonchev–Trinajstić information content (AvgIpc) is 3.64. The van der Waals surface area contributed by atoms with Crippen LogP contribution in [0.1, 0.15) is 74.1 Å². The van der Waals surface area contributed by atoms with E-state index < -0.39 is 52.7 Å². The number of nitrogen functional groups attached to an aromatic ring is 1. The summed E-state index contributed by atoms with van der Waals surface area (Å²) in [5, 5.41) is 12.2. The van der Waals surface area contributed by atoms with Gasteiger partial charge in [0.15, 0.2) is 5.60 Å². The zero-order valence-corrected chi connectivity index (χ0v) is 30.3. The lowest BCUT2D eigenvalue weighted by Crippen LogP contribution is -2.70. The number of ether oxygens (including phenoxy) is 3. The minimum absolute atomic E-state index is 0.152. The van der Waals surface area contributed by atoms with Gasteiger partial charge in [0, 0.05) is 30.8 Å². The summed E-state index contributed by atoms with van der Waals surface area (Å²) in [6.07, 6.45) is 6.44. The van der Waals surface area contributed by atoms with Gasteiger partial charge >= 0.3 is 12.1 Å². The van der Waals surface area contributed by atoms with E-state index in [1.165, 1.54) is 0 Å². The van der Waals surface area contributed by atoms with Gasteiger partial charge in [-0.2, -0.15) is 0 Å². The maximum Gasteiger partial charge on any atom is 0.412 e. The molecule has 1 amide bonds. The number of cyclic esters (lactones) is 1. The first kappa shape index (κ1) is 38.1. The largest absolute Gasteiger partial charge is 0.457 e. The molecule has 2 radical (unpaired) electrons. The summed E-state index contributed by atoms with van der Waals surface area (Å²) in [5.41, 5.74) is 5.04. The maximum atomic E-state index is 13.7. The molecule has 4 rings (SSSR count). The van der Waals surface area contributed by atoms with Crippen LogP contribution in [0.3, 0.4) is 0 Å². The minimum atomic E-state index is -1.27. The Morgan fingerprint density at radius 3 is 2.51 bits per heavy atom. The number of amides is 1. The molecular weight excluding hydrogens is 623 g/mol. The van der Waals surface area contributed by atoms with Crippen molar-refractivity contribution in [1.29, 1.82) is 0 Å². The number of carbonyl (C=O) groups is 3. The fraction of sp³-hybridized carbons (Fsp3) is 0.639. The van der Waals surface area contributed by atoms with Crippen molar-refractivity contribution in [1.82, 2.24) is 25.2 Å². The van der Waals surface area contributed by atoms with Crippen LogP contribution in [0.25, 0.3) is 11.3 Å². The standard InChI is InChI=1S/C36H53BN6O6/c1-9-29-35(7)36(10-2,39-17-16-23(3)21-34(6,47-8)31(37)24(4)30(44)25(5)32(45)48-29)43(33(46)49-35)19-12-11-18-42-22-28(40-41-42)26-14-13-15-27(38)20-26/h11-15,20,22-25,29,31,39H,9-10,16-19,21,38H2,1-8H3/b12-11+/t23-,24+,25-,29-,31-,34-,35-,36+/m1/s1. The number of rotatable bonds is 8. The summed E-state index contributed by atoms with van der Waals surface area (Å²) < 4.78 is 19.9. The maximum absolute atomic E-state index is 13.7. The van der Waals surface area contributed by atoms with Crippen LogP contribution in [0.5, 0.6) is 0 Å². The second-order valence-electron chi connectivity index (χ2n) is 14.0. The number of Topliss-reactive ketones (excluding diaryl/α,β-unsaturated/α-hetero) is 1. The van der Waals surface area contributed by atoms with Gasteiger partial charge in [-0.05, 0) is 76.9 Å². The average molecular weight is 677 g/mol. The van der Waals surface area contributed by atoms with Crippen LogP contribution in [-0.2, 0) is 30.3 Å². The molecule has 1 aromatic carbocycles. The van der Waals surface area contributed by atoms with Gasteiger partial charge in [-0.3, -0.25) is 19.8 Å². The van der Waals surface area contributed by atoms with Crippen LogP contribution in [0, 0.1) is 17.8 Å². The van der Waals surface area contributed by atoms with E-state index in [2.05, 4.69) is 22.6 Å². The fourth-order valence-corrected chi connectivity index (χ4v) is 7.54. The lowest BCUT2D eigenvalue weighted by Gasteiger charge is -2.47. The zero-order chi connectivity index (χ0) is 36.1. The van der Waals surface area contributed by atoms with Crippen molar-refractivity contribution in [3.63, 3.8) is 0 Å². The van der Waals surface area contributed by atoms with Gasteiger partial charge in [-0.25, -0.2) is 9.48 Å². The number of nitrogens with two attached hydrogens (primary N) is 1. The van der Waals surface area contributed by atoms with E-state index in [1.54, 1.807) is 30.5 Å². The molecule has 266 valence electrons. The smallest absolute Gasteiger partial charge is 0.412 e. The molecular formula is C36H53BN6O6. The summed E-state index contributed by atoms with van der Waals surface area (Å²) in [6.45, 7) is 14.2. The van der Waals surface area contributed by atoms with Gasteiger partial charge in [-0.1, -0.05) is 57.2 Å². The van der Waals surface area contributed by atoms with Gasteiger partial charge in [0.1, 0.15) is 29.2 Å². The Morgan fingerprint density at radius 2 is 1.86 bits per heavy atom. The SMILES string of the molecule is [B][C@@H]1[C@@H](C)C(=O)[C@@H](C)C(=O)O[C@H](CC)[C@@]2(C)OC(=O)N(C/C=C/Cn3cc(-c4cccc(N)c4)nn3)[C@]2(CC)NCC[C@@H](C)C[C@@]1(C)OC. The Labute approximate surface area is 291 Å². The molecule has 0 unspecified atom stereocenters. The predicted octanol–water partition coefficient (Wildman–Crippen LogP) is 4.95. The highest BCUT2D eigenvalue weighted by molar-refractivity contribution is 6.15. The quantitative estimate of drug-likeness (QED) is 0.129. The molecule has 2 saturated heterocycles. The number of esters is 1. The van der Waals surface area contributed by atoms with Crippen LogP contribution in [-0.4, -0.2) is 88.8 Å². The highest BCUT2D eigenvalue weighted by atomic mass is 16.6. The topological polar surface area (TPSA) is 151 Å².